The first-order valence-electron chi connectivity index (χ1n) is 6.59. The van der Waals surface area contributed by atoms with Crippen molar-refractivity contribution in [2.75, 3.05) is 11.1 Å². The van der Waals surface area contributed by atoms with Gasteiger partial charge < -0.3 is 9.88 Å². The van der Waals surface area contributed by atoms with Crippen LogP contribution in [0.5, 0.6) is 0 Å². The van der Waals surface area contributed by atoms with Crippen LogP contribution in [0.4, 0.5) is 5.82 Å². The number of hydrogen-bond acceptors (Lipinski definition) is 4. The van der Waals surface area contributed by atoms with Crippen LogP contribution in [-0.2, 0) is 11.3 Å². The van der Waals surface area contributed by atoms with E-state index in [0.29, 0.717) is 5.75 Å². The van der Waals surface area contributed by atoms with Crippen molar-refractivity contribution in [1.82, 2.24) is 19.3 Å². The Morgan fingerprint density at radius 1 is 1.45 bits per heavy atom. The Labute approximate surface area is 122 Å². The molecule has 2 rings (SSSR count). The first-order chi connectivity index (χ1) is 9.61. The molecule has 7 heteroatoms. The number of carbonyl (C=O) groups is 1. The number of carbonyl (C=O) groups excluding carboxylic acids is 1. The van der Waals surface area contributed by atoms with Crippen molar-refractivity contribution < 1.29 is 4.79 Å². The molecule has 0 aliphatic carbocycles. The van der Waals surface area contributed by atoms with Crippen molar-refractivity contribution in [2.24, 2.45) is 0 Å². The fraction of sp³-hybridized carbons (Fsp3) is 0.462. The SMILES string of the molecule is CCn1ccnc1SCC(=O)Nc1ccnn1C(C)C. The number of hydrogen-bond donors (Lipinski definition) is 1. The van der Waals surface area contributed by atoms with Crippen molar-refractivity contribution >= 4 is 23.5 Å². The Kier molecular flexibility index (Phi) is 4.84. The van der Waals surface area contributed by atoms with Gasteiger partial charge in [0.05, 0.1) is 11.9 Å². The molecule has 0 radical (unpaired) electrons. The van der Waals surface area contributed by atoms with Gasteiger partial charge in [0.25, 0.3) is 0 Å². The van der Waals surface area contributed by atoms with Crippen molar-refractivity contribution in [3.63, 3.8) is 0 Å². The highest BCUT2D eigenvalue weighted by Crippen LogP contribution is 2.17. The summed E-state index contributed by atoms with van der Waals surface area (Å²) in [4.78, 5) is 16.2. The zero-order valence-electron chi connectivity index (χ0n) is 11.9. The zero-order valence-corrected chi connectivity index (χ0v) is 12.7. The molecule has 0 bridgehead atoms. The third kappa shape index (κ3) is 3.41. The molecule has 0 atom stereocenters. The molecule has 0 fully saturated rings. The average Bonchev–Trinajstić information content (AvgIpc) is 3.04. The van der Waals surface area contributed by atoms with E-state index in [2.05, 4.69) is 15.4 Å². The van der Waals surface area contributed by atoms with Crippen molar-refractivity contribution in [3.8, 4) is 0 Å². The van der Waals surface area contributed by atoms with Crippen molar-refractivity contribution in [1.29, 1.82) is 0 Å². The van der Waals surface area contributed by atoms with Gasteiger partial charge in [-0.3, -0.25) is 4.79 Å². The minimum absolute atomic E-state index is 0.0527. The molecule has 0 unspecified atom stereocenters. The predicted molar refractivity (Wildman–Crippen MR) is 79.9 cm³/mol. The van der Waals surface area contributed by atoms with Gasteiger partial charge in [-0.1, -0.05) is 11.8 Å². The highest BCUT2D eigenvalue weighted by atomic mass is 32.2. The minimum atomic E-state index is -0.0527. The van der Waals surface area contributed by atoms with Gasteiger partial charge in [-0.2, -0.15) is 5.10 Å². The molecule has 1 N–H and O–H groups in total. The standard InChI is InChI=1S/C13H19N5OS/c1-4-17-8-7-14-13(17)20-9-12(19)16-11-5-6-15-18(11)10(2)3/h5-8,10H,4,9H2,1-3H3,(H,16,19). The summed E-state index contributed by atoms with van der Waals surface area (Å²) in [6.45, 7) is 6.95. The summed E-state index contributed by atoms with van der Waals surface area (Å²) in [5.74, 6) is 1.01. The second-order valence-corrected chi connectivity index (χ2v) is 5.53. The molecule has 1 amide bonds. The van der Waals surface area contributed by atoms with Crippen LogP contribution in [0.3, 0.4) is 0 Å². The van der Waals surface area contributed by atoms with Crippen LogP contribution in [0.15, 0.2) is 29.8 Å². The topological polar surface area (TPSA) is 64.7 Å². The molecule has 0 aliphatic rings. The molecule has 6 nitrogen and oxygen atoms in total. The molecule has 108 valence electrons. The first kappa shape index (κ1) is 14.6. The maximum absolute atomic E-state index is 12.0. The van der Waals surface area contributed by atoms with Crippen LogP contribution in [0.25, 0.3) is 0 Å². The number of rotatable bonds is 6. The molecule has 0 saturated heterocycles. The summed E-state index contributed by atoms with van der Waals surface area (Å²) in [5, 5.41) is 7.92. The number of nitrogens with zero attached hydrogens (tertiary/aromatic N) is 4. The number of nitrogens with one attached hydrogen (secondary N) is 1. The summed E-state index contributed by atoms with van der Waals surface area (Å²) in [5.41, 5.74) is 0. The fourth-order valence-corrected chi connectivity index (χ4v) is 2.63. The van der Waals surface area contributed by atoms with Crippen LogP contribution in [-0.4, -0.2) is 31.0 Å². The average molecular weight is 293 g/mol. The van der Waals surface area contributed by atoms with Gasteiger partial charge in [0.15, 0.2) is 5.16 Å². The molecule has 0 aromatic carbocycles. The summed E-state index contributed by atoms with van der Waals surface area (Å²) in [6, 6.07) is 2.02. The molecule has 2 aromatic rings. The van der Waals surface area contributed by atoms with E-state index in [1.54, 1.807) is 23.1 Å². The van der Waals surface area contributed by atoms with Crippen LogP contribution in [0.1, 0.15) is 26.8 Å². The highest BCUT2D eigenvalue weighted by molar-refractivity contribution is 7.99. The van der Waals surface area contributed by atoms with Crippen LogP contribution in [0.2, 0.25) is 0 Å². The van der Waals surface area contributed by atoms with Gasteiger partial charge in [0, 0.05) is 31.0 Å². The Balaban J connectivity index is 1.91. The molecule has 0 saturated carbocycles. The Morgan fingerprint density at radius 3 is 2.95 bits per heavy atom. The Morgan fingerprint density at radius 2 is 2.25 bits per heavy atom. The van der Waals surface area contributed by atoms with E-state index in [0.717, 1.165) is 17.5 Å². The van der Waals surface area contributed by atoms with Gasteiger partial charge in [0.2, 0.25) is 5.91 Å². The zero-order chi connectivity index (χ0) is 14.5. The number of amides is 1. The third-order valence-electron chi connectivity index (χ3n) is 2.78. The van der Waals surface area contributed by atoms with Gasteiger partial charge in [-0.25, -0.2) is 9.67 Å². The molecule has 2 aromatic heterocycles. The van der Waals surface area contributed by atoms with Crippen molar-refractivity contribution in [2.45, 2.75) is 38.5 Å². The predicted octanol–water partition coefficient (Wildman–Crippen LogP) is 2.41. The lowest BCUT2D eigenvalue weighted by atomic mass is 10.4. The molecular weight excluding hydrogens is 274 g/mol. The number of aryl methyl sites for hydroxylation is 1. The largest absolute Gasteiger partial charge is 0.326 e. The maximum atomic E-state index is 12.0. The summed E-state index contributed by atoms with van der Waals surface area (Å²) in [7, 11) is 0. The maximum Gasteiger partial charge on any atom is 0.235 e. The van der Waals surface area contributed by atoms with Crippen LogP contribution < -0.4 is 5.32 Å². The van der Waals surface area contributed by atoms with Gasteiger partial charge in [0.1, 0.15) is 5.82 Å². The van der Waals surface area contributed by atoms with E-state index < -0.39 is 0 Å². The van der Waals surface area contributed by atoms with E-state index in [1.807, 2.05) is 31.5 Å². The third-order valence-corrected chi connectivity index (χ3v) is 3.78. The fourth-order valence-electron chi connectivity index (χ4n) is 1.81. The van der Waals surface area contributed by atoms with E-state index in [-0.39, 0.29) is 11.9 Å². The first-order valence-corrected chi connectivity index (χ1v) is 7.57. The van der Waals surface area contributed by atoms with Gasteiger partial charge in [-0.05, 0) is 20.8 Å². The number of thioether (sulfide) groups is 1. The van der Waals surface area contributed by atoms with E-state index >= 15 is 0 Å². The second-order valence-electron chi connectivity index (χ2n) is 4.59. The van der Waals surface area contributed by atoms with Crippen LogP contribution in [0, 0.1) is 0 Å². The lowest BCUT2D eigenvalue weighted by Gasteiger charge is -2.11. The number of imidazole rings is 1. The van der Waals surface area contributed by atoms with Crippen molar-refractivity contribution in [3.05, 3.63) is 24.7 Å². The summed E-state index contributed by atoms with van der Waals surface area (Å²) >= 11 is 1.43. The molecule has 2 heterocycles. The quantitative estimate of drug-likeness (QED) is 0.831. The van der Waals surface area contributed by atoms with E-state index in [9.17, 15) is 4.79 Å². The number of aromatic nitrogens is 4. The molecular formula is C13H19N5OS. The van der Waals surface area contributed by atoms with Gasteiger partial charge >= 0.3 is 0 Å². The normalized spacial score (nSPS) is 11.0. The summed E-state index contributed by atoms with van der Waals surface area (Å²) in [6.07, 6.45) is 5.35. The smallest absolute Gasteiger partial charge is 0.235 e. The lowest BCUT2D eigenvalue weighted by molar-refractivity contribution is -0.113. The monoisotopic (exact) mass is 293 g/mol. The van der Waals surface area contributed by atoms with E-state index in [1.165, 1.54) is 11.8 Å². The summed E-state index contributed by atoms with van der Waals surface area (Å²) < 4.78 is 3.80. The lowest BCUT2D eigenvalue weighted by Crippen LogP contribution is -2.18. The van der Waals surface area contributed by atoms with Gasteiger partial charge in [-0.15, -0.1) is 0 Å². The highest BCUT2D eigenvalue weighted by Gasteiger charge is 2.11. The molecule has 0 spiro atoms. The van der Waals surface area contributed by atoms with Crippen LogP contribution >= 0.6 is 11.8 Å². The Bertz CT molecular complexity index is 575. The number of anilines is 1. The second kappa shape index (κ2) is 6.60. The van der Waals surface area contributed by atoms with E-state index in [4.69, 9.17) is 0 Å². The molecule has 20 heavy (non-hydrogen) atoms. The molecule has 0 aliphatic heterocycles. The minimum Gasteiger partial charge on any atom is -0.326 e. The Hall–Kier alpha value is -1.76.